The quantitative estimate of drug-likeness (QED) is 0.618. The third-order valence-electron chi connectivity index (χ3n) is 5.68. The Labute approximate surface area is 178 Å². The van der Waals surface area contributed by atoms with Gasteiger partial charge in [0.25, 0.3) is 5.91 Å². The van der Waals surface area contributed by atoms with E-state index in [0.717, 1.165) is 29.0 Å². The van der Waals surface area contributed by atoms with Crippen molar-refractivity contribution in [3.63, 3.8) is 0 Å². The minimum atomic E-state index is -0.0632. The summed E-state index contributed by atoms with van der Waals surface area (Å²) < 4.78 is 0. The molecule has 0 spiro atoms. The Hall–Kier alpha value is -2.27. The molecule has 0 radical (unpaired) electrons. The van der Waals surface area contributed by atoms with Crippen LogP contribution in [0.25, 0.3) is 0 Å². The number of carbonyl (C=O) groups excluding carboxylic acids is 2. The van der Waals surface area contributed by atoms with Crippen LogP contribution >= 0.6 is 11.8 Å². The van der Waals surface area contributed by atoms with E-state index in [4.69, 9.17) is 0 Å². The Balaban J connectivity index is 1.68. The monoisotopic (exact) mass is 410 g/mol. The summed E-state index contributed by atoms with van der Waals surface area (Å²) in [4.78, 5) is 30.3. The van der Waals surface area contributed by atoms with E-state index in [-0.39, 0.29) is 11.8 Å². The Bertz CT molecular complexity index is 861. The van der Waals surface area contributed by atoms with Crippen LogP contribution in [0.1, 0.15) is 48.0 Å². The number of carbonyl (C=O) groups is 2. The van der Waals surface area contributed by atoms with E-state index < -0.39 is 0 Å². The standard InChI is InChI=1S/C24H30N2O2S/c1-18-10-9-13-20(16-18)26(3)24(28)21-14-7-8-15-22(21)29-17-23(27)25(2)19-11-5-4-6-12-19/h7-10,13-16,19H,4-6,11-12,17H2,1-3H3. The minimum Gasteiger partial charge on any atom is -0.342 e. The average molecular weight is 411 g/mol. The van der Waals surface area contributed by atoms with E-state index in [9.17, 15) is 9.59 Å². The molecule has 0 bridgehead atoms. The molecule has 0 saturated heterocycles. The number of nitrogens with zero attached hydrogens (tertiary/aromatic N) is 2. The van der Waals surface area contributed by atoms with Crippen LogP contribution in [0.2, 0.25) is 0 Å². The smallest absolute Gasteiger partial charge is 0.259 e. The van der Waals surface area contributed by atoms with Crippen LogP contribution in [-0.2, 0) is 4.79 Å². The first-order valence-corrected chi connectivity index (χ1v) is 11.3. The van der Waals surface area contributed by atoms with E-state index in [1.807, 2.05) is 67.4 Å². The zero-order valence-corrected chi connectivity index (χ0v) is 18.4. The molecule has 2 aromatic carbocycles. The largest absolute Gasteiger partial charge is 0.342 e. The van der Waals surface area contributed by atoms with Gasteiger partial charge in [0, 0.05) is 30.7 Å². The lowest BCUT2D eigenvalue weighted by Crippen LogP contribution is -2.39. The SMILES string of the molecule is Cc1cccc(N(C)C(=O)c2ccccc2SCC(=O)N(C)C2CCCCC2)c1. The van der Waals surface area contributed by atoms with Gasteiger partial charge >= 0.3 is 0 Å². The van der Waals surface area contributed by atoms with Gasteiger partial charge in [0.15, 0.2) is 0 Å². The van der Waals surface area contributed by atoms with Crippen LogP contribution in [0.5, 0.6) is 0 Å². The highest BCUT2D eigenvalue weighted by atomic mass is 32.2. The topological polar surface area (TPSA) is 40.6 Å². The highest BCUT2D eigenvalue weighted by molar-refractivity contribution is 8.00. The maximum absolute atomic E-state index is 13.1. The van der Waals surface area contributed by atoms with Gasteiger partial charge in [0.05, 0.1) is 11.3 Å². The molecule has 2 amide bonds. The normalized spacial score (nSPS) is 14.4. The first kappa shape index (κ1) is 21.4. The summed E-state index contributed by atoms with van der Waals surface area (Å²) in [6.07, 6.45) is 5.89. The predicted molar refractivity (Wildman–Crippen MR) is 121 cm³/mol. The Kier molecular flexibility index (Phi) is 7.37. The molecule has 0 heterocycles. The molecule has 0 N–H and O–H groups in total. The van der Waals surface area contributed by atoms with Gasteiger partial charge in [0.2, 0.25) is 5.91 Å². The molecule has 0 aromatic heterocycles. The zero-order chi connectivity index (χ0) is 20.8. The summed E-state index contributed by atoms with van der Waals surface area (Å²) in [5.41, 5.74) is 2.61. The molecule has 1 aliphatic rings. The molecule has 5 heteroatoms. The third kappa shape index (κ3) is 5.41. The van der Waals surface area contributed by atoms with Crippen molar-refractivity contribution in [3.8, 4) is 0 Å². The van der Waals surface area contributed by atoms with Gasteiger partial charge in [-0.3, -0.25) is 9.59 Å². The molecule has 3 rings (SSSR count). The van der Waals surface area contributed by atoms with E-state index >= 15 is 0 Å². The fourth-order valence-electron chi connectivity index (χ4n) is 3.82. The Morgan fingerprint density at radius 1 is 1.00 bits per heavy atom. The van der Waals surface area contributed by atoms with Crippen molar-refractivity contribution in [2.75, 3.05) is 24.7 Å². The molecule has 1 aliphatic carbocycles. The molecule has 1 fully saturated rings. The van der Waals surface area contributed by atoms with E-state index in [1.165, 1.54) is 31.0 Å². The number of anilines is 1. The highest BCUT2D eigenvalue weighted by Crippen LogP contribution is 2.27. The van der Waals surface area contributed by atoms with Gasteiger partial charge in [-0.05, 0) is 49.6 Å². The Morgan fingerprint density at radius 2 is 1.72 bits per heavy atom. The van der Waals surface area contributed by atoms with Crippen molar-refractivity contribution < 1.29 is 9.59 Å². The van der Waals surface area contributed by atoms with Gasteiger partial charge in [-0.25, -0.2) is 0 Å². The lowest BCUT2D eigenvalue weighted by molar-refractivity contribution is -0.129. The van der Waals surface area contributed by atoms with Crippen LogP contribution < -0.4 is 4.90 Å². The number of rotatable bonds is 6. The van der Waals surface area contributed by atoms with Gasteiger partial charge in [-0.2, -0.15) is 0 Å². The molecule has 0 unspecified atom stereocenters. The number of hydrogen-bond acceptors (Lipinski definition) is 3. The summed E-state index contributed by atoms with van der Waals surface area (Å²) >= 11 is 1.45. The molecule has 0 aliphatic heterocycles. The lowest BCUT2D eigenvalue weighted by atomic mass is 9.94. The van der Waals surface area contributed by atoms with Gasteiger partial charge in [0.1, 0.15) is 0 Å². The van der Waals surface area contributed by atoms with Crippen molar-refractivity contribution in [3.05, 3.63) is 59.7 Å². The van der Waals surface area contributed by atoms with Crippen molar-refractivity contribution in [1.82, 2.24) is 4.90 Å². The maximum atomic E-state index is 13.1. The summed E-state index contributed by atoms with van der Waals surface area (Å²) in [5, 5.41) is 0. The predicted octanol–water partition coefficient (Wildman–Crippen LogP) is 5.15. The van der Waals surface area contributed by atoms with Gasteiger partial charge in [-0.15, -0.1) is 11.8 Å². The maximum Gasteiger partial charge on any atom is 0.259 e. The first-order chi connectivity index (χ1) is 14.0. The van der Waals surface area contributed by atoms with Gasteiger partial charge in [-0.1, -0.05) is 43.5 Å². The van der Waals surface area contributed by atoms with Crippen molar-refractivity contribution in [2.24, 2.45) is 0 Å². The average Bonchev–Trinajstić information content (AvgIpc) is 2.76. The number of hydrogen-bond donors (Lipinski definition) is 0. The molecule has 0 atom stereocenters. The second-order valence-corrected chi connectivity index (χ2v) is 8.80. The van der Waals surface area contributed by atoms with Crippen LogP contribution in [0, 0.1) is 6.92 Å². The molecule has 2 aromatic rings. The Morgan fingerprint density at radius 3 is 2.45 bits per heavy atom. The van der Waals surface area contributed by atoms with E-state index in [1.54, 1.807) is 11.9 Å². The third-order valence-corrected chi connectivity index (χ3v) is 6.74. The van der Waals surface area contributed by atoms with E-state index in [2.05, 4.69) is 0 Å². The second-order valence-electron chi connectivity index (χ2n) is 7.78. The van der Waals surface area contributed by atoms with E-state index in [0.29, 0.717) is 17.4 Å². The first-order valence-electron chi connectivity index (χ1n) is 10.3. The van der Waals surface area contributed by atoms with Crippen LogP contribution in [-0.4, -0.2) is 42.6 Å². The summed E-state index contributed by atoms with van der Waals surface area (Å²) in [7, 11) is 3.71. The van der Waals surface area contributed by atoms with Crippen LogP contribution in [0.3, 0.4) is 0 Å². The molecule has 154 valence electrons. The van der Waals surface area contributed by atoms with Crippen molar-refractivity contribution in [1.29, 1.82) is 0 Å². The fraction of sp³-hybridized carbons (Fsp3) is 0.417. The highest BCUT2D eigenvalue weighted by Gasteiger charge is 2.23. The van der Waals surface area contributed by atoms with Crippen LogP contribution in [0.15, 0.2) is 53.4 Å². The van der Waals surface area contributed by atoms with Crippen molar-refractivity contribution >= 4 is 29.3 Å². The van der Waals surface area contributed by atoms with Gasteiger partial charge < -0.3 is 9.80 Å². The van der Waals surface area contributed by atoms with Crippen molar-refractivity contribution in [2.45, 2.75) is 50.0 Å². The molecule has 29 heavy (non-hydrogen) atoms. The zero-order valence-electron chi connectivity index (χ0n) is 17.6. The second kappa shape index (κ2) is 9.97. The lowest BCUT2D eigenvalue weighted by Gasteiger charge is -2.31. The number of thioether (sulfide) groups is 1. The fourth-order valence-corrected chi connectivity index (χ4v) is 4.79. The molecule has 1 saturated carbocycles. The molecular formula is C24H30N2O2S. The molecular weight excluding hydrogens is 380 g/mol. The summed E-state index contributed by atoms with van der Waals surface area (Å²) in [6, 6.07) is 15.8. The molecule has 4 nitrogen and oxygen atoms in total. The summed E-state index contributed by atoms with van der Waals surface area (Å²) in [5.74, 6) is 0.425. The number of aryl methyl sites for hydroxylation is 1. The summed E-state index contributed by atoms with van der Waals surface area (Å²) in [6.45, 7) is 2.01. The number of benzene rings is 2. The minimum absolute atomic E-state index is 0.0632. The number of amides is 2. The van der Waals surface area contributed by atoms with Crippen LogP contribution in [0.4, 0.5) is 5.69 Å².